The van der Waals surface area contributed by atoms with Crippen molar-refractivity contribution >= 4 is 5.57 Å². The number of hydrogen-bond donors (Lipinski definition) is 0. The van der Waals surface area contributed by atoms with E-state index in [0.717, 1.165) is 0 Å². The van der Waals surface area contributed by atoms with Crippen LogP contribution in [-0.4, -0.2) is 6.18 Å². The van der Waals surface area contributed by atoms with Crippen LogP contribution in [0.3, 0.4) is 0 Å². The first-order valence-corrected chi connectivity index (χ1v) is 3.72. The second-order valence-corrected chi connectivity index (χ2v) is 2.67. The number of nitrogens with zero attached hydrogens (tertiary/aromatic N) is 1. The molecule has 1 aromatic carbocycles. The average Bonchev–Trinajstić information content (AvgIpc) is 2.15. The van der Waals surface area contributed by atoms with Crippen molar-refractivity contribution in [1.29, 1.82) is 5.26 Å². The van der Waals surface area contributed by atoms with E-state index < -0.39 is 11.7 Å². The molecule has 0 spiro atoms. The molecule has 0 aromatic heterocycles. The molecule has 72 valence electrons. The molecule has 0 amide bonds. The van der Waals surface area contributed by atoms with Crippen molar-refractivity contribution in [3.8, 4) is 6.07 Å². The van der Waals surface area contributed by atoms with Crippen LogP contribution in [-0.2, 0) is 0 Å². The van der Waals surface area contributed by atoms with Crippen LogP contribution in [0.15, 0.2) is 30.8 Å². The van der Waals surface area contributed by atoms with E-state index in [9.17, 15) is 13.2 Å². The SMILES string of the molecule is C=C(c1ccc(C#N)cc1)C(F)(F)F. The minimum Gasteiger partial charge on any atom is -0.192 e. The highest BCUT2D eigenvalue weighted by atomic mass is 19.4. The molecule has 0 N–H and O–H groups in total. The highest BCUT2D eigenvalue weighted by Gasteiger charge is 2.32. The Labute approximate surface area is 79.1 Å². The summed E-state index contributed by atoms with van der Waals surface area (Å²) < 4.78 is 36.5. The third kappa shape index (κ3) is 2.13. The Bertz CT molecular complexity index is 381. The number of rotatable bonds is 1. The maximum Gasteiger partial charge on any atom is 0.416 e. The van der Waals surface area contributed by atoms with Crippen LogP contribution in [0.25, 0.3) is 5.57 Å². The molecule has 0 radical (unpaired) electrons. The summed E-state index contributed by atoms with van der Waals surface area (Å²) in [6.07, 6.45) is -4.42. The van der Waals surface area contributed by atoms with Crippen LogP contribution in [0.2, 0.25) is 0 Å². The third-order valence-electron chi connectivity index (χ3n) is 1.70. The van der Waals surface area contributed by atoms with E-state index in [1.54, 1.807) is 0 Å². The highest BCUT2D eigenvalue weighted by Crippen LogP contribution is 2.31. The molecule has 4 heteroatoms. The second kappa shape index (κ2) is 3.54. The van der Waals surface area contributed by atoms with Gasteiger partial charge in [-0.05, 0) is 17.7 Å². The molecular formula is C10H6F3N. The summed E-state index contributed by atoms with van der Waals surface area (Å²) in [5.41, 5.74) is -0.595. The zero-order valence-corrected chi connectivity index (χ0v) is 7.10. The van der Waals surface area contributed by atoms with E-state index in [4.69, 9.17) is 5.26 Å². The van der Waals surface area contributed by atoms with Gasteiger partial charge in [-0.3, -0.25) is 0 Å². The van der Waals surface area contributed by atoms with Crippen molar-refractivity contribution in [3.63, 3.8) is 0 Å². The predicted molar refractivity (Wildman–Crippen MR) is 46.2 cm³/mol. The molecule has 0 aliphatic heterocycles. The molecule has 0 aliphatic carbocycles. The average molecular weight is 197 g/mol. The first kappa shape index (κ1) is 10.3. The molecule has 1 nitrogen and oxygen atoms in total. The Kier molecular flexibility index (Phi) is 2.61. The lowest BCUT2D eigenvalue weighted by Crippen LogP contribution is -2.09. The molecule has 0 unspecified atom stereocenters. The van der Waals surface area contributed by atoms with Gasteiger partial charge in [0.25, 0.3) is 0 Å². The fourth-order valence-corrected chi connectivity index (χ4v) is 0.910. The van der Waals surface area contributed by atoms with Crippen molar-refractivity contribution in [2.75, 3.05) is 0 Å². The standard InChI is InChI=1S/C10H6F3N/c1-7(10(11,12)13)9-4-2-8(6-14)3-5-9/h2-5H,1H2. The Morgan fingerprint density at radius 2 is 1.71 bits per heavy atom. The first-order chi connectivity index (χ1) is 6.45. The first-order valence-electron chi connectivity index (χ1n) is 3.72. The molecule has 1 aromatic rings. The van der Waals surface area contributed by atoms with Crippen LogP contribution in [0.1, 0.15) is 11.1 Å². The van der Waals surface area contributed by atoms with Crippen molar-refractivity contribution in [3.05, 3.63) is 42.0 Å². The van der Waals surface area contributed by atoms with Gasteiger partial charge in [-0.1, -0.05) is 18.7 Å². The Morgan fingerprint density at radius 1 is 1.21 bits per heavy atom. The van der Waals surface area contributed by atoms with Gasteiger partial charge < -0.3 is 0 Å². The van der Waals surface area contributed by atoms with E-state index in [1.807, 2.05) is 6.07 Å². The van der Waals surface area contributed by atoms with Gasteiger partial charge in [0.05, 0.1) is 17.2 Å². The smallest absolute Gasteiger partial charge is 0.192 e. The molecule has 0 saturated heterocycles. The largest absolute Gasteiger partial charge is 0.416 e. The lowest BCUT2D eigenvalue weighted by Gasteiger charge is -2.09. The third-order valence-corrected chi connectivity index (χ3v) is 1.70. The normalized spacial score (nSPS) is 10.7. The second-order valence-electron chi connectivity index (χ2n) is 2.67. The van der Waals surface area contributed by atoms with E-state index >= 15 is 0 Å². The molecule has 0 aliphatic rings. The lowest BCUT2D eigenvalue weighted by atomic mass is 10.1. The summed E-state index contributed by atoms with van der Waals surface area (Å²) in [4.78, 5) is 0. The number of hydrogen-bond acceptors (Lipinski definition) is 1. The fourth-order valence-electron chi connectivity index (χ4n) is 0.910. The Balaban J connectivity index is 3.00. The van der Waals surface area contributed by atoms with Gasteiger partial charge in [0.2, 0.25) is 0 Å². The van der Waals surface area contributed by atoms with Gasteiger partial charge in [0.1, 0.15) is 0 Å². The quantitative estimate of drug-likeness (QED) is 0.678. The molecule has 0 fully saturated rings. The summed E-state index contributed by atoms with van der Waals surface area (Å²) >= 11 is 0. The van der Waals surface area contributed by atoms with Crippen LogP contribution in [0.5, 0.6) is 0 Å². The maximum atomic E-state index is 12.2. The topological polar surface area (TPSA) is 23.8 Å². The Hall–Kier alpha value is -1.76. The van der Waals surface area contributed by atoms with E-state index in [0.29, 0.717) is 5.56 Å². The number of alkyl halides is 3. The van der Waals surface area contributed by atoms with Crippen LogP contribution in [0, 0.1) is 11.3 Å². The van der Waals surface area contributed by atoms with Crippen molar-refractivity contribution in [1.82, 2.24) is 0 Å². The van der Waals surface area contributed by atoms with Gasteiger partial charge in [-0.15, -0.1) is 0 Å². The lowest BCUT2D eigenvalue weighted by molar-refractivity contribution is -0.0686. The summed E-state index contributed by atoms with van der Waals surface area (Å²) in [6, 6.07) is 6.93. The summed E-state index contributed by atoms with van der Waals surface area (Å²) in [5.74, 6) is 0. The maximum absolute atomic E-state index is 12.2. The van der Waals surface area contributed by atoms with Crippen molar-refractivity contribution < 1.29 is 13.2 Å². The van der Waals surface area contributed by atoms with Gasteiger partial charge in [0, 0.05) is 0 Å². The number of allylic oxidation sites excluding steroid dienone is 1. The van der Waals surface area contributed by atoms with E-state index in [1.165, 1.54) is 24.3 Å². The molecule has 0 atom stereocenters. The molecule has 14 heavy (non-hydrogen) atoms. The van der Waals surface area contributed by atoms with Gasteiger partial charge in [0.15, 0.2) is 0 Å². The Morgan fingerprint density at radius 3 is 2.07 bits per heavy atom. The van der Waals surface area contributed by atoms with Gasteiger partial charge in [-0.25, -0.2) is 0 Å². The summed E-state index contributed by atoms with van der Waals surface area (Å²) in [6.45, 7) is 2.94. The molecule has 0 bridgehead atoms. The highest BCUT2D eigenvalue weighted by molar-refractivity contribution is 5.67. The van der Waals surface area contributed by atoms with Gasteiger partial charge in [-0.2, -0.15) is 18.4 Å². The monoisotopic (exact) mass is 197 g/mol. The van der Waals surface area contributed by atoms with E-state index in [2.05, 4.69) is 6.58 Å². The minimum absolute atomic E-state index is 0.0171. The van der Waals surface area contributed by atoms with Crippen LogP contribution < -0.4 is 0 Å². The zero-order chi connectivity index (χ0) is 10.8. The van der Waals surface area contributed by atoms with Crippen LogP contribution >= 0.6 is 0 Å². The number of nitriles is 1. The van der Waals surface area contributed by atoms with Gasteiger partial charge >= 0.3 is 6.18 Å². The van der Waals surface area contributed by atoms with Crippen LogP contribution in [0.4, 0.5) is 13.2 Å². The number of benzene rings is 1. The number of halogens is 3. The van der Waals surface area contributed by atoms with E-state index in [-0.39, 0.29) is 5.56 Å². The molecule has 0 heterocycles. The molecular weight excluding hydrogens is 191 g/mol. The zero-order valence-electron chi connectivity index (χ0n) is 7.10. The molecule has 1 rings (SSSR count). The van der Waals surface area contributed by atoms with Crippen molar-refractivity contribution in [2.24, 2.45) is 0 Å². The molecule has 0 saturated carbocycles. The minimum atomic E-state index is -4.42. The summed E-state index contributed by atoms with van der Waals surface area (Å²) in [7, 11) is 0. The predicted octanol–water partition coefficient (Wildman–Crippen LogP) is 3.13. The fraction of sp³-hybridized carbons (Fsp3) is 0.100. The summed E-state index contributed by atoms with van der Waals surface area (Å²) in [5, 5.41) is 8.43. The van der Waals surface area contributed by atoms with Crippen molar-refractivity contribution in [2.45, 2.75) is 6.18 Å².